The minimum atomic E-state index is -0.704. The molecule has 1 saturated heterocycles. The van der Waals surface area contributed by atoms with E-state index < -0.39 is 11.6 Å². The largest absolute Gasteiger partial charge is 0.383 e. The Morgan fingerprint density at radius 2 is 1.94 bits per heavy atom. The molecule has 2 atom stereocenters. The molecule has 1 aromatic carbocycles. The molecular weight excluding hydrogens is 454 g/mol. The molecule has 3 aromatic heterocycles. The highest BCUT2D eigenvalue weighted by atomic mass is 19.1. The van der Waals surface area contributed by atoms with Crippen LogP contribution in [-0.4, -0.2) is 50.0 Å². The number of hydrogen-bond donors (Lipinski definition) is 0. The summed E-state index contributed by atoms with van der Waals surface area (Å²) in [6, 6.07) is 3.45. The van der Waals surface area contributed by atoms with Gasteiger partial charge in [-0.3, -0.25) is 4.68 Å². The Morgan fingerprint density at radius 1 is 1.11 bits per heavy atom. The van der Waals surface area contributed by atoms with Gasteiger partial charge in [0.25, 0.3) is 0 Å². The first-order valence-electron chi connectivity index (χ1n) is 11.5. The molecule has 35 heavy (non-hydrogen) atoms. The van der Waals surface area contributed by atoms with Gasteiger partial charge in [-0.05, 0) is 38.8 Å². The van der Waals surface area contributed by atoms with Crippen LogP contribution >= 0.6 is 0 Å². The Morgan fingerprint density at radius 3 is 2.74 bits per heavy atom. The monoisotopic (exact) mass is 480 g/mol. The van der Waals surface area contributed by atoms with Crippen LogP contribution in [0.15, 0.2) is 30.6 Å². The number of rotatable bonds is 6. The number of nitrogens with zero attached hydrogens (tertiary/aromatic N) is 6. The maximum absolute atomic E-state index is 14.8. The topological polar surface area (TPSA) is 87.8 Å². The molecule has 4 heterocycles. The number of aryl methyl sites for hydroxylation is 2. The van der Waals surface area contributed by atoms with Crippen LogP contribution in [0.3, 0.4) is 0 Å². The SMILES string of the molecule is COCCn1cc([C@H]2C[C@@H](c3nc(-c4ccc(F)cc4F)c4nc(C)c(C)nc4n3)CCO2)cn1. The molecule has 0 amide bonds. The predicted octanol–water partition coefficient (Wildman–Crippen LogP) is 4.46. The highest BCUT2D eigenvalue weighted by molar-refractivity contribution is 5.87. The number of aromatic nitrogens is 6. The van der Waals surface area contributed by atoms with Gasteiger partial charge >= 0.3 is 0 Å². The molecule has 10 heteroatoms. The van der Waals surface area contributed by atoms with E-state index >= 15 is 0 Å². The van der Waals surface area contributed by atoms with Crippen molar-refractivity contribution >= 4 is 11.2 Å². The molecule has 1 aliphatic rings. The highest BCUT2D eigenvalue weighted by Crippen LogP contribution is 2.38. The van der Waals surface area contributed by atoms with E-state index in [1.165, 1.54) is 12.1 Å². The van der Waals surface area contributed by atoms with E-state index in [1.54, 1.807) is 13.3 Å². The van der Waals surface area contributed by atoms with Crippen LogP contribution in [0.1, 0.15) is 47.6 Å². The van der Waals surface area contributed by atoms with Crippen molar-refractivity contribution in [3.63, 3.8) is 0 Å². The number of hydrogen-bond acceptors (Lipinski definition) is 7. The number of benzene rings is 1. The standard InChI is InChI=1S/C25H26F2N6O2/c1-14-15(2)30-25-23(29-14)22(19-5-4-18(26)11-20(19)27)31-24(32-25)16-6-8-35-21(10-16)17-12-28-33(13-17)7-9-34-3/h4-5,11-13,16,21H,6-10H2,1-3H3/t16-,21+/m0/s1. The van der Waals surface area contributed by atoms with E-state index in [9.17, 15) is 8.78 Å². The van der Waals surface area contributed by atoms with E-state index in [4.69, 9.17) is 19.4 Å². The maximum Gasteiger partial charge on any atom is 0.182 e. The summed E-state index contributed by atoms with van der Waals surface area (Å²) in [5.74, 6) is -0.842. The molecule has 182 valence electrons. The second-order valence-electron chi connectivity index (χ2n) is 8.73. The molecule has 4 aromatic rings. The molecule has 8 nitrogen and oxygen atoms in total. The lowest BCUT2D eigenvalue weighted by molar-refractivity contribution is 0.00394. The van der Waals surface area contributed by atoms with Crippen LogP contribution in [0.25, 0.3) is 22.4 Å². The average molecular weight is 481 g/mol. The van der Waals surface area contributed by atoms with Crippen molar-refractivity contribution in [3.05, 3.63) is 65.0 Å². The van der Waals surface area contributed by atoms with Crippen molar-refractivity contribution < 1.29 is 18.3 Å². The van der Waals surface area contributed by atoms with E-state index in [-0.39, 0.29) is 17.6 Å². The fraction of sp³-hybridized carbons (Fsp3) is 0.400. The Hall–Kier alpha value is -3.37. The number of halogens is 2. The van der Waals surface area contributed by atoms with Crippen LogP contribution in [0.2, 0.25) is 0 Å². The summed E-state index contributed by atoms with van der Waals surface area (Å²) in [6.07, 6.45) is 4.96. The van der Waals surface area contributed by atoms with E-state index in [1.807, 2.05) is 24.7 Å². The molecule has 0 bridgehead atoms. The van der Waals surface area contributed by atoms with Crippen LogP contribution in [0.5, 0.6) is 0 Å². The van der Waals surface area contributed by atoms with Gasteiger partial charge in [0.2, 0.25) is 0 Å². The maximum atomic E-state index is 14.8. The summed E-state index contributed by atoms with van der Waals surface area (Å²) in [7, 11) is 1.65. The van der Waals surface area contributed by atoms with Crippen LogP contribution in [0, 0.1) is 25.5 Å². The summed E-state index contributed by atoms with van der Waals surface area (Å²) < 4.78 is 41.4. The molecule has 0 spiro atoms. The van der Waals surface area contributed by atoms with Gasteiger partial charge < -0.3 is 9.47 Å². The molecule has 1 aliphatic heterocycles. The van der Waals surface area contributed by atoms with Crippen LogP contribution < -0.4 is 0 Å². The minimum Gasteiger partial charge on any atom is -0.383 e. The lowest BCUT2D eigenvalue weighted by atomic mass is 9.92. The number of fused-ring (bicyclic) bond motifs is 1. The second kappa shape index (κ2) is 9.71. The average Bonchev–Trinajstić information content (AvgIpc) is 3.32. The van der Waals surface area contributed by atoms with E-state index in [2.05, 4.69) is 15.1 Å². The quantitative estimate of drug-likeness (QED) is 0.403. The van der Waals surface area contributed by atoms with Crippen molar-refractivity contribution in [1.82, 2.24) is 29.7 Å². The fourth-order valence-electron chi connectivity index (χ4n) is 4.30. The van der Waals surface area contributed by atoms with Crippen molar-refractivity contribution in [1.29, 1.82) is 0 Å². The lowest BCUT2D eigenvalue weighted by Gasteiger charge is -2.28. The zero-order chi connectivity index (χ0) is 24.5. The van der Waals surface area contributed by atoms with Gasteiger partial charge in [-0.15, -0.1) is 0 Å². The summed E-state index contributed by atoms with van der Waals surface area (Å²) in [6.45, 7) is 5.44. The minimum absolute atomic E-state index is 0.0360. The third-order valence-corrected chi connectivity index (χ3v) is 6.34. The van der Waals surface area contributed by atoms with E-state index in [0.717, 1.165) is 17.3 Å². The van der Waals surface area contributed by atoms with Crippen molar-refractivity contribution in [2.45, 2.75) is 45.3 Å². The molecule has 0 saturated carbocycles. The third-order valence-electron chi connectivity index (χ3n) is 6.34. The smallest absolute Gasteiger partial charge is 0.182 e. The first-order valence-corrected chi connectivity index (χ1v) is 11.5. The summed E-state index contributed by atoms with van der Waals surface area (Å²) >= 11 is 0. The normalized spacial score (nSPS) is 18.3. The molecule has 0 radical (unpaired) electrons. The first-order chi connectivity index (χ1) is 16.9. The van der Waals surface area contributed by atoms with Crippen LogP contribution in [0.4, 0.5) is 8.78 Å². The van der Waals surface area contributed by atoms with Crippen molar-refractivity contribution in [3.8, 4) is 11.3 Å². The summed E-state index contributed by atoms with van der Waals surface area (Å²) in [5.41, 5.74) is 3.68. The summed E-state index contributed by atoms with van der Waals surface area (Å²) in [5, 5.41) is 4.39. The summed E-state index contributed by atoms with van der Waals surface area (Å²) in [4.78, 5) is 18.7. The molecule has 1 fully saturated rings. The van der Waals surface area contributed by atoms with Crippen LogP contribution in [-0.2, 0) is 16.0 Å². The predicted molar refractivity (Wildman–Crippen MR) is 125 cm³/mol. The van der Waals surface area contributed by atoms with Gasteiger partial charge in [0.1, 0.15) is 28.7 Å². The first kappa shape index (κ1) is 23.4. The van der Waals surface area contributed by atoms with Crippen molar-refractivity contribution in [2.75, 3.05) is 20.3 Å². The second-order valence-corrected chi connectivity index (χ2v) is 8.73. The van der Waals surface area contributed by atoms with Gasteiger partial charge in [-0.2, -0.15) is 5.10 Å². The van der Waals surface area contributed by atoms with Gasteiger partial charge in [0.15, 0.2) is 5.65 Å². The molecule has 0 N–H and O–H groups in total. The third kappa shape index (κ3) is 4.76. The Labute approximate surface area is 201 Å². The van der Waals surface area contributed by atoms with Gasteiger partial charge in [-0.1, -0.05) is 0 Å². The molecular formula is C25H26F2N6O2. The highest BCUT2D eigenvalue weighted by Gasteiger charge is 2.29. The number of methoxy groups -OCH3 is 1. The van der Waals surface area contributed by atoms with Gasteiger partial charge in [-0.25, -0.2) is 28.7 Å². The molecule has 0 unspecified atom stereocenters. The number of ether oxygens (including phenoxy) is 2. The molecule has 5 rings (SSSR count). The Balaban J connectivity index is 1.53. The van der Waals surface area contributed by atoms with Crippen molar-refractivity contribution in [2.24, 2.45) is 0 Å². The Bertz CT molecular complexity index is 1380. The molecule has 0 aliphatic carbocycles. The zero-order valence-electron chi connectivity index (χ0n) is 19.8. The fourth-order valence-corrected chi connectivity index (χ4v) is 4.30. The zero-order valence-corrected chi connectivity index (χ0v) is 19.8. The van der Waals surface area contributed by atoms with Gasteiger partial charge in [0.05, 0.1) is 36.8 Å². The van der Waals surface area contributed by atoms with Gasteiger partial charge in [0, 0.05) is 43.0 Å². The Kier molecular flexibility index (Phi) is 6.48. The lowest BCUT2D eigenvalue weighted by Crippen LogP contribution is -2.20. The van der Waals surface area contributed by atoms with E-state index in [0.29, 0.717) is 61.0 Å².